The summed E-state index contributed by atoms with van der Waals surface area (Å²) in [7, 11) is 0. The van der Waals surface area contributed by atoms with Crippen molar-refractivity contribution in [3.05, 3.63) is 28.2 Å². The molecule has 0 radical (unpaired) electrons. The second-order valence-electron chi connectivity index (χ2n) is 6.17. The maximum Gasteiger partial charge on any atom is 1.00 e. The molecule has 8 heteroatoms. The van der Waals surface area contributed by atoms with Crippen LogP contribution in [0.2, 0.25) is 0 Å². The van der Waals surface area contributed by atoms with E-state index < -0.39 is 23.5 Å². The Kier molecular flexibility index (Phi) is 10.3. The van der Waals surface area contributed by atoms with E-state index in [2.05, 4.69) is 21.2 Å². The number of hydrogen-bond donors (Lipinski definition) is 2. The predicted octanol–water partition coefficient (Wildman–Crippen LogP) is -1.75. The van der Waals surface area contributed by atoms with Gasteiger partial charge in [0.1, 0.15) is 5.75 Å². The van der Waals surface area contributed by atoms with E-state index in [1.165, 1.54) is 19.9 Å². The molecule has 24 heavy (non-hydrogen) atoms. The average molecular weight is 426 g/mol. The van der Waals surface area contributed by atoms with Crippen LogP contribution < -0.4 is 66.5 Å². The first-order valence-corrected chi connectivity index (χ1v) is 7.99. The molecule has 1 aromatic rings. The molecule has 0 fully saturated rings. The number of amides is 1. The second kappa shape index (κ2) is 10.2. The largest absolute Gasteiger partial charge is 1.00 e. The molecule has 0 saturated carbocycles. The molecule has 1 rings (SSSR count). The Hall–Kier alpha value is 0.0364. The van der Waals surface area contributed by atoms with Crippen LogP contribution >= 0.6 is 15.9 Å². The van der Waals surface area contributed by atoms with Crippen molar-refractivity contribution in [3.63, 3.8) is 0 Å². The minimum atomic E-state index is -1.45. The fourth-order valence-electron chi connectivity index (χ4n) is 1.96. The molecule has 1 unspecified atom stereocenters. The molecule has 6 nitrogen and oxygen atoms in total. The molecule has 0 aliphatic heterocycles. The van der Waals surface area contributed by atoms with Crippen molar-refractivity contribution >= 4 is 27.8 Å². The maximum absolute atomic E-state index is 12.4. The summed E-state index contributed by atoms with van der Waals surface area (Å²) in [5.41, 5.74) is -1.04. The van der Waals surface area contributed by atoms with Crippen LogP contribution in [-0.2, 0) is 4.79 Å². The van der Waals surface area contributed by atoms with Crippen LogP contribution in [0.5, 0.6) is 5.75 Å². The summed E-state index contributed by atoms with van der Waals surface area (Å²) in [6.45, 7) is 6.56. The van der Waals surface area contributed by atoms with Crippen molar-refractivity contribution in [2.75, 3.05) is 0 Å². The Bertz CT molecular complexity index is 586. The summed E-state index contributed by atoms with van der Waals surface area (Å²) in [6.07, 6.45) is -0.318. The molecule has 1 amide bonds. The number of aliphatic hydroxyl groups is 1. The number of carboxylic acids is 1. The van der Waals surface area contributed by atoms with Gasteiger partial charge in [-0.05, 0) is 45.9 Å². The molecular formula is C16H21BrKNO5. The van der Waals surface area contributed by atoms with Crippen LogP contribution in [0.1, 0.15) is 44.5 Å². The van der Waals surface area contributed by atoms with Crippen LogP contribution in [-0.4, -0.2) is 34.7 Å². The summed E-state index contributed by atoms with van der Waals surface area (Å²) in [5, 5.41) is 23.3. The first-order chi connectivity index (χ1) is 10.5. The van der Waals surface area contributed by atoms with E-state index in [0.717, 1.165) is 4.47 Å². The maximum atomic E-state index is 12.4. The zero-order valence-electron chi connectivity index (χ0n) is 14.6. The number of benzene rings is 1. The van der Waals surface area contributed by atoms with Gasteiger partial charge in [0.15, 0.2) is 0 Å². The summed E-state index contributed by atoms with van der Waals surface area (Å²) < 4.78 is 6.32. The zero-order valence-corrected chi connectivity index (χ0v) is 19.3. The monoisotopic (exact) mass is 425 g/mol. The average Bonchev–Trinajstić information content (AvgIpc) is 2.35. The second-order valence-corrected chi connectivity index (χ2v) is 7.08. The van der Waals surface area contributed by atoms with Gasteiger partial charge in [0.05, 0.1) is 29.3 Å². The number of carboxylic acid groups (broad SMARTS) is 1. The topological polar surface area (TPSA) is 98.7 Å². The smallest absolute Gasteiger partial charge is 0.548 e. The Morgan fingerprint density at radius 1 is 1.38 bits per heavy atom. The number of halogens is 1. The van der Waals surface area contributed by atoms with E-state index in [1.807, 2.05) is 13.8 Å². The van der Waals surface area contributed by atoms with Gasteiger partial charge in [-0.3, -0.25) is 4.79 Å². The van der Waals surface area contributed by atoms with Crippen LogP contribution in [0.3, 0.4) is 0 Å². The molecule has 0 aromatic heterocycles. The van der Waals surface area contributed by atoms with Crippen molar-refractivity contribution in [3.8, 4) is 5.75 Å². The number of carbonyl (C=O) groups excluding carboxylic acids is 2. The Morgan fingerprint density at radius 3 is 2.42 bits per heavy atom. The molecule has 0 spiro atoms. The minimum absolute atomic E-state index is 0. The van der Waals surface area contributed by atoms with E-state index >= 15 is 0 Å². The van der Waals surface area contributed by atoms with Gasteiger partial charge in [0.2, 0.25) is 0 Å². The quantitative estimate of drug-likeness (QED) is 0.504. The van der Waals surface area contributed by atoms with E-state index in [1.54, 1.807) is 12.1 Å². The fourth-order valence-corrected chi connectivity index (χ4v) is 2.30. The van der Waals surface area contributed by atoms with Gasteiger partial charge in [-0.2, -0.15) is 0 Å². The van der Waals surface area contributed by atoms with Gasteiger partial charge in [0.25, 0.3) is 5.91 Å². The first kappa shape index (κ1) is 24.0. The predicted molar refractivity (Wildman–Crippen MR) is 87.1 cm³/mol. The summed E-state index contributed by atoms with van der Waals surface area (Å²) in [5.74, 6) is -1.72. The van der Waals surface area contributed by atoms with Crippen molar-refractivity contribution in [2.24, 2.45) is 0 Å². The van der Waals surface area contributed by atoms with Crippen molar-refractivity contribution in [1.29, 1.82) is 0 Å². The van der Waals surface area contributed by atoms with E-state index in [9.17, 15) is 19.8 Å². The van der Waals surface area contributed by atoms with Gasteiger partial charge in [-0.25, -0.2) is 0 Å². The van der Waals surface area contributed by atoms with Gasteiger partial charge in [-0.15, -0.1) is 0 Å². The number of aliphatic carboxylic acids is 1. The number of ether oxygens (including phenoxy) is 1. The Morgan fingerprint density at radius 2 is 1.96 bits per heavy atom. The van der Waals surface area contributed by atoms with Gasteiger partial charge in [0, 0.05) is 10.9 Å². The third kappa shape index (κ3) is 8.42. The van der Waals surface area contributed by atoms with Crippen molar-refractivity contribution in [2.45, 2.75) is 51.9 Å². The number of carbonyl (C=O) groups is 2. The minimum Gasteiger partial charge on any atom is -0.548 e. The number of nitrogens with one attached hydrogen (secondary N) is 1. The zero-order chi connectivity index (χ0) is 17.8. The van der Waals surface area contributed by atoms with Crippen molar-refractivity contribution in [1.82, 2.24) is 5.32 Å². The summed E-state index contributed by atoms with van der Waals surface area (Å²) in [6, 6.07) is 3.52. The summed E-state index contributed by atoms with van der Waals surface area (Å²) >= 11 is 3.30. The van der Waals surface area contributed by atoms with Crippen LogP contribution in [0.15, 0.2) is 22.7 Å². The molecule has 128 valence electrons. The normalized spacial score (nSPS) is 12.3. The van der Waals surface area contributed by atoms with Crippen LogP contribution in [0.4, 0.5) is 0 Å². The molecule has 0 saturated heterocycles. The third-order valence-corrected chi connectivity index (χ3v) is 3.34. The Labute approximate surface area is 192 Å². The molecular weight excluding hydrogens is 405 g/mol. The third-order valence-electron chi connectivity index (χ3n) is 2.84. The molecule has 1 atom stereocenters. The molecule has 0 aliphatic rings. The SMILES string of the molecule is CC(C)Oc1cc(Br)ccc1C(=O)NC(CC(C)(C)O)C(=O)[O-].[K+]. The van der Waals surface area contributed by atoms with Gasteiger partial charge in [-0.1, -0.05) is 15.9 Å². The number of rotatable bonds is 7. The van der Waals surface area contributed by atoms with E-state index in [0.29, 0.717) is 5.75 Å². The first-order valence-electron chi connectivity index (χ1n) is 7.20. The van der Waals surface area contributed by atoms with Crippen LogP contribution in [0, 0.1) is 0 Å². The van der Waals surface area contributed by atoms with Crippen LogP contribution in [0.25, 0.3) is 0 Å². The van der Waals surface area contributed by atoms with E-state index in [4.69, 9.17) is 4.74 Å². The fraction of sp³-hybridized carbons (Fsp3) is 0.500. The van der Waals surface area contributed by atoms with Crippen molar-refractivity contribution < 1.29 is 75.9 Å². The molecule has 0 heterocycles. The van der Waals surface area contributed by atoms with Gasteiger partial charge >= 0.3 is 51.4 Å². The summed E-state index contributed by atoms with van der Waals surface area (Å²) in [4.78, 5) is 23.6. The van der Waals surface area contributed by atoms with Gasteiger partial charge < -0.3 is 25.1 Å². The number of hydrogen-bond acceptors (Lipinski definition) is 5. The Balaban J connectivity index is 0.00000529. The molecule has 1 aromatic carbocycles. The standard InChI is InChI=1S/C16H22BrNO5.K/c1-9(2)23-13-7-10(17)5-6-11(13)14(19)18-12(15(20)21)8-16(3,4)22;/h5-7,9,12,22H,8H2,1-4H3,(H,18,19)(H,20,21);/q;+1/p-1. The van der Waals surface area contributed by atoms with E-state index in [-0.39, 0.29) is 69.5 Å². The molecule has 0 aliphatic carbocycles. The molecule has 2 N–H and O–H groups in total. The molecule has 0 bridgehead atoms.